The number of rotatable bonds is 5. The Balaban J connectivity index is 1.57. The lowest BCUT2D eigenvalue weighted by Crippen LogP contribution is -2.41. The predicted octanol–water partition coefficient (Wildman–Crippen LogP) is 4.08. The third-order valence-electron chi connectivity index (χ3n) is 5.31. The molecule has 3 aromatic rings. The average Bonchev–Trinajstić information content (AvgIpc) is 3.10. The van der Waals surface area contributed by atoms with Crippen molar-refractivity contribution < 1.29 is 23.5 Å². The van der Waals surface area contributed by atoms with E-state index >= 15 is 0 Å². The van der Waals surface area contributed by atoms with Gasteiger partial charge < -0.3 is 15.4 Å². The molecule has 0 bridgehead atoms. The van der Waals surface area contributed by atoms with Gasteiger partial charge in [-0.2, -0.15) is 0 Å². The molecule has 12 heteroatoms. The van der Waals surface area contributed by atoms with Crippen LogP contribution in [0.3, 0.4) is 0 Å². The Morgan fingerprint density at radius 2 is 2.03 bits per heavy atom. The molecule has 0 spiro atoms. The fourth-order valence-electron chi connectivity index (χ4n) is 3.65. The summed E-state index contributed by atoms with van der Waals surface area (Å²) in [5.74, 6) is -0.879. The summed E-state index contributed by atoms with van der Waals surface area (Å²) >= 11 is 1.10. The Morgan fingerprint density at radius 3 is 2.77 bits per heavy atom. The maximum absolute atomic E-state index is 13.8. The molecule has 4 amide bonds. The third-order valence-corrected chi connectivity index (χ3v) is 6.41. The molecule has 0 saturated carbocycles. The Kier molecular flexibility index (Phi) is 7.51. The molecule has 3 heterocycles. The first-order valence-corrected chi connectivity index (χ1v) is 11.7. The van der Waals surface area contributed by atoms with Gasteiger partial charge in [0.1, 0.15) is 16.9 Å². The second-order valence-corrected chi connectivity index (χ2v) is 8.89. The summed E-state index contributed by atoms with van der Waals surface area (Å²) < 4.78 is 19.5. The monoisotopic (exact) mass is 498 g/mol. The van der Waals surface area contributed by atoms with Crippen LogP contribution < -0.4 is 16.4 Å². The quantitative estimate of drug-likeness (QED) is 0.453. The average molecular weight is 499 g/mol. The van der Waals surface area contributed by atoms with E-state index in [0.29, 0.717) is 23.4 Å². The van der Waals surface area contributed by atoms with E-state index in [9.17, 15) is 18.8 Å². The van der Waals surface area contributed by atoms with Gasteiger partial charge in [-0.25, -0.2) is 23.8 Å². The van der Waals surface area contributed by atoms with E-state index < -0.39 is 30.0 Å². The van der Waals surface area contributed by atoms with Crippen LogP contribution in [0.15, 0.2) is 48.9 Å². The number of ether oxygens (including phenoxy) is 1. The number of carbonyl (C=O) groups excluding carboxylic acids is 3. The van der Waals surface area contributed by atoms with Crippen LogP contribution in [0, 0.1) is 5.82 Å². The summed E-state index contributed by atoms with van der Waals surface area (Å²) in [6, 6.07) is 6.24. The molecule has 4 rings (SSSR count). The zero-order valence-electron chi connectivity index (χ0n) is 18.6. The number of aromatic nitrogens is 2. The number of urea groups is 2. The van der Waals surface area contributed by atoms with Crippen molar-refractivity contribution in [2.75, 3.05) is 23.7 Å². The molecule has 1 fully saturated rings. The number of amides is 4. The van der Waals surface area contributed by atoms with E-state index in [0.717, 1.165) is 24.2 Å². The van der Waals surface area contributed by atoms with Crippen LogP contribution in [0.4, 0.5) is 24.8 Å². The van der Waals surface area contributed by atoms with Crippen LogP contribution in [-0.4, -0.2) is 52.1 Å². The van der Waals surface area contributed by atoms with E-state index in [4.69, 9.17) is 10.5 Å². The lowest BCUT2D eigenvalue weighted by Gasteiger charge is -2.22. The minimum absolute atomic E-state index is 0.110. The molecule has 10 nitrogen and oxygen atoms in total. The zero-order valence-corrected chi connectivity index (χ0v) is 19.4. The number of anilines is 2. The van der Waals surface area contributed by atoms with Crippen molar-refractivity contribution in [3.63, 3.8) is 0 Å². The van der Waals surface area contributed by atoms with Gasteiger partial charge in [-0.1, -0.05) is 12.1 Å². The number of thiophene rings is 1. The van der Waals surface area contributed by atoms with Gasteiger partial charge in [-0.3, -0.25) is 15.6 Å². The number of halogens is 1. The van der Waals surface area contributed by atoms with Gasteiger partial charge >= 0.3 is 18.0 Å². The smallest absolute Gasteiger partial charge is 0.341 e. The van der Waals surface area contributed by atoms with E-state index in [1.807, 2.05) is 0 Å². The zero-order chi connectivity index (χ0) is 24.8. The molecule has 182 valence electrons. The molecule has 1 atom stereocenters. The summed E-state index contributed by atoms with van der Waals surface area (Å²) in [5, 5.41) is 5.40. The van der Waals surface area contributed by atoms with Crippen LogP contribution >= 0.6 is 11.3 Å². The van der Waals surface area contributed by atoms with Gasteiger partial charge in [-0.05, 0) is 43.0 Å². The second-order valence-electron chi connectivity index (χ2n) is 7.84. The maximum Gasteiger partial charge on any atom is 0.341 e. The summed E-state index contributed by atoms with van der Waals surface area (Å²) in [6.45, 7) is 0.693. The van der Waals surface area contributed by atoms with Gasteiger partial charge in [0, 0.05) is 23.8 Å². The molecule has 4 N–H and O–H groups in total. The van der Waals surface area contributed by atoms with Crippen molar-refractivity contribution in [2.45, 2.75) is 25.4 Å². The summed E-state index contributed by atoms with van der Waals surface area (Å²) in [6.07, 6.45) is 5.82. The number of benzene rings is 1. The SMILES string of the molecule is NC(=O)N1CCCCC(OC(=O)c2cc(-c3cccc(F)c3)sc2NC(=O)Nc2cnccn2)C1. The van der Waals surface area contributed by atoms with Gasteiger partial charge in [0.25, 0.3) is 0 Å². The van der Waals surface area contributed by atoms with Crippen molar-refractivity contribution in [1.82, 2.24) is 14.9 Å². The molecular weight excluding hydrogens is 475 g/mol. The number of nitrogens with two attached hydrogens (primary N) is 1. The summed E-state index contributed by atoms with van der Waals surface area (Å²) in [7, 11) is 0. The Hall–Kier alpha value is -4.06. The topological polar surface area (TPSA) is 140 Å². The van der Waals surface area contributed by atoms with Gasteiger partial charge in [-0.15, -0.1) is 11.3 Å². The van der Waals surface area contributed by atoms with E-state index in [1.165, 1.54) is 35.6 Å². The van der Waals surface area contributed by atoms with Gasteiger partial charge in [0.15, 0.2) is 5.82 Å². The highest BCUT2D eigenvalue weighted by molar-refractivity contribution is 7.20. The highest BCUT2D eigenvalue weighted by Crippen LogP contribution is 2.36. The minimum atomic E-state index is -0.671. The molecule has 1 unspecified atom stereocenters. The van der Waals surface area contributed by atoms with Gasteiger partial charge in [0.2, 0.25) is 0 Å². The standard InChI is InChI=1S/C23H23FN6O4S/c24-15-5-3-4-14(10-15)18-11-17(20(35-18)29-23(33)28-19-12-26-7-8-27-19)21(31)34-16-6-1-2-9-30(13-16)22(25)32/h3-5,7-8,10-12,16H,1-2,6,9,13H2,(H2,25,32)(H2,27,28,29,33). The lowest BCUT2D eigenvalue weighted by molar-refractivity contribution is 0.0242. The number of esters is 1. The van der Waals surface area contributed by atoms with Crippen molar-refractivity contribution in [3.05, 3.63) is 60.3 Å². The fraction of sp³-hybridized carbons (Fsp3) is 0.261. The van der Waals surface area contributed by atoms with Crippen molar-refractivity contribution >= 4 is 40.2 Å². The Morgan fingerprint density at radius 1 is 1.17 bits per heavy atom. The molecule has 0 aliphatic carbocycles. The number of nitrogens with zero attached hydrogens (tertiary/aromatic N) is 3. The third kappa shape index (κ3) is 6.29. The molecular formula is C23H23FN6O4S. The number of hydrogen-bond acceptors (Lipinski definition) is 7. The molecule has 0 radical (unpaired) electrons. The maximum atomic E-state index is 13.8. The molecule has 1 aliphatic heterocycles. The second kappa shape index (κ2) is 10.9. The van der Waals surface area contributed by atoms with Crippen LogP contribution in [0.25, 0.3) is 10.4 Å². The number of primary amides is 1. The van der Waals surface area contributed by atoms with Crippen LogP contribution in [-0.2, 0) is 4.74 Å². The highest BCUT2D eigenvalue weighted by atomic mass is 32.1. The van der Waals surface area contributed by atoms with Crippen LogP contribution in [0.2, 0.25) is 0 Å². The van der Waals surface area contributed by atoms with Crippen molar-refractivity contribution in [1.29, 1.82) is 0 Å². The lowest BCUT2D eigenvalue weighted by atomic mass is 10.1. The summed E-state index contributed by atoms with van der Waals surface area (Å²) in [5.41, 5.74) is 6.07. The predicted molar refractivity (Wildman–Crippen MR) is 129 cm³/mol. The molecule has 1 aromatic carbocycles. The molecule has 2 aromatic heterocycles. The van der Waals surface area contributed by atoms with Crippen LogP contribution in [0.1, 0.15) is 29.6 Å². The minimum Gasteiger partial charge on any atom is -0.457 e. The largest absolute Gasteiger partial charge is 0.457 e. The first-order valence-electron chi connectivity index (χ1n) is 10.9. The number of likely N-dealkylation sites (tertiary alicyclic amines) is 1. The summed E-state index contributed by atoms with van der Waals surface area (Å²) in [4.78, 5) is 47.2. The van der Waals surface area contributed by atoms with Crippen LogP contribution in [0.5, 0.6) is 0 Å². The Bertz CT molecular complexity index is 1220. The highest BCUT2D eigenvalue weighted by Gasteiger charge is 2.27. The van der Waals surface area contributed by atoms with E-state index in [2.05, 4.69) is 20.6 Å². The first-order chi connectivity index (χ1) is 16.9. The Labute approximate surface area is 204 Å². The molecule has 1 saturated heterocycles. The van der Waals surface area contributed by atoms with Crippen molar-refractivity contribution in [3.8, 4) is 10.4 Å². The fourth-order valence-corrected chi connectivity index (χ4v) is 4.69. The number of hydrogen-bond donors (Lipinski definition) is 3. The first kappa shape index (κ1) is 24.1. The number of nitrogens with one attached hydrogen (secondary N) is 2. The van der Waals surface area contributed by atoms with E-state index in [1.54, 1.807) is 18.2 Å². The normalized spacial score (nSPS) is 15.7. The van der Waals surface area contributed by atoms with Crippen molar-refractivity contribution in [2.24, 2.45) is 5.73 Å². The van der Waals surface area contributed by atoms with Gasteiger partial charge in [0.05, 0.1) is 18.3 Å². The molecule has 1 aliphatic rings. The molecule has 35 heavy (non-hydrogen) atoms. The number of carbonyl (C=O) groups is 3. The van der Waals surface area contributed by atoms with E-state index in [-0.39, 0.29) is 22.9 Å².